The molecule has 1 rings (SSSR count). The molecular formula is C11H9FO3. The van der Waals surface area contributed by atoms with E-state index in [1.807, 2.05) is 0 Å². The van der Waals surface area contributed by atoms with Crippen molar-refractivity contribution in [3.63, 3.8) is 0 Å². The lowest BCUT2D eigenvalue weighted by molar-refractivity contribution is -0.132. The second-order valence-corrected chi connectivity index (χ2v) is 3.02. The molecule has 0 heterocycles. The molecule has 4 heteroatoms. The largest absolute Gasteiger partial charge is 0.478 e. The molecule has 0 atom stereocenters. The molecule has 3 nitrogen and oxygen atoms in total. The van der Waals surface area contributed by atoms with Crippen molar-refractivity contribution in [3.8, 4) is 0 Å². The molecule has 15 heavy (non-hydrogen) atoms. The molecule has 0 bridgehead atoms. The van der Waals surface area contributed by atoms with Gasteiger partial charge in [0, 0.05) is 17.6 Å². The third-order valence-corrected chi connectivity index (χ3v) is 1.84. The Morgan fingerprint density at radius 3 is 2.27 bits per heavy atom. The maximum atomic E-state index is 12.5. The molecular weight excluding hydrogens is 199 g/mol. The summed E-state index contributed by atoms with van der Waals surface area (Å²) in [6, 6.07) is 4.92. The van der Waals surface area contributed by atoms with Crippen LogP contribution >= 0.6 is 0 Å². The van der Waals surface area contributed by atoms with E-state index < -0.39 is 11.8 Å². The number of hydrogen-bond donors (Lipinski definition) is 1. The summed E-state index contributed by atoms with van der Waals surface area (Å²) in [4.78, 5) is 21.8. The molecule has 0 radical (unpaired) electrons. The van der Waals surface area contributed by atoms with Crippen molar-refractivity contribution >= 4 is 11.8 Å². The van der Waals surface area contributed by atoms with Crippen LogP contribution in [-0.4, -0.2) is 16.9 Å². The third-order valence-electron chi connectivity index (χ3n) is 1.84. The molecule has 0 amide bonds. The molecule has 1 aromatic carbocycles. The molecule has 0 aliphatic rings. The number of halogens is 1. The smallest absolute Gasteiger partial charge is 0.331 e. The molecule has 0 aliphatic heterocycles. The molecule has 0 unspecified atom stereocenters. The first kappa shape index (κ1) is 11.1. The van der Waals surface area contributed by atoms with E-state index in [1.165, 1.54) is 12.1 Å². The minimum atomic E-state index is -1.20. The van der Waals surface area contributed by atoms with Crippen molar-refractivity contribution in [1.29, 1.82) is 0 Å². The van der Waals surface area contributed by atoms with Crippen molar-refractivity contribution in [2.75, 3.05) is 0 Å². The summed E-state index contributed by atoms with van der Waals surface area (Å²) in [5, 5.41) is 8.51. The number of carboxylic acids is 1. The number of rotatable bonds is 4. The van der Waals surface area contributed by atoms with Gasteiger partial charge in [-0.1, -0.05) is 6.58 Å². The second kappa shape index (κ2) is 4.50. The number of carboxylic acid groups (broad SMARTS) is 1. The molecule has 1 aromatic rings. The quantitative estimate of drug-likeness (QED) is 0.608. The Labute approximate surface area is 85.8 Å². The van der Waals surface area contributed by atoms with E-state index >= 15 is 0 Å². The van der Waals surface area contributed by atoms with Crippen LogP contribution in [0.5, 0.6) is 0 Å². The van der Waals surface area contributed by atoms with Crippen LogP contribution in [0.25, 0.3) is 0 Å². The topological polar surface area (TPSA) is 54.4 Å². The molecule has 0 aliphatic carbocycles. The molecule has 0 aromatic heterocycles. The number of Topliss-reactive ketones (excluding diaryl/α,β-unsaturated/α-hetero) is 1. The van der Waals surface area contributed by atoms with E-state index in [4.69, 9.17) is 5.11 Å². The van der Waals surface area contributed by atoms with Gasteiger partial charge in [0.15, 0.2) is 5.78 Å². The first-order valence-electron chi connectivity index (χ1n) is 4.20. The van der Waals surface area contributed by atoms with Gasteiger partial charge in [-0.3, -0.25) is 4.79 Å². The number of carbonyl (C=O) groups is 2. The monoisotopic (exact) mass is 208 g/mol. The third kappa shape index (κ3) is 3.02. The summed E-state index contributed by atoms with van der Waals surface area (Å²) in [6.45, 7) is 3.24. The van der Waals surface area contributed by atoms with Crippen LogP contribution in [0.2, 0.25) is 0 Å². The Hall–Kier alpha value is -1.97. The highest BCUT2D eigenvalue weighted by Gasteiger charge is 2.11. The van der Waals surface area contributed by atoms with E-state index in [0.29, 0.717) is 0 Å². The number of carbonyl (C=O) groups excluding carboxylic acids is 1. The Morgan fingerprint density at radius 1 is 1.27 bits per heavy atom. The van der Waals surface area contributed by atoms with Gasteiger partial charge < -0.3 is 5.11 Å². The predicted octanol–water partition coefficient (Wildman–Crippen LogP) is 2.04. The summed E-state index contributed by atoms with van der Waals surface area (Å²) < 4.78 is 12.5. The predicted molar refractivity (Wildman–Crippen MR) is 52.1 cm³/mol. The minimum Gasteiger partial charge on any atom is -0.478 e. The SMILES string of the molecule is C=C(CC(=O)c1ccc(F)cc1)C(=O)O. The Morgan fingerprint density at radius 2 is 1.80 bits per heavy atom. The Balaban J connectivity index is 2.74. The number of benzene rings is 1. The van der Waals surface area contributed by atoms with Gasteiger partial charge in [-0.15, -0.1) is 0 Å². The molecule has 0 saturated carbocycles. The number of hydrogen-bond acceptors (Lipinski definition) is 2. The fourth-order valence-corrected chi connectivity index (χ4v) is 1.01. The highest BCUT2D eigenvalue weighted by molar-refractivity contribution is 6.02. The minimum absolute atomic E-state index is 0.177. The highest BCUT2D eigenvalue weighted by Crippen LogP contribution is 2.09. The van der Waals surface area contributed by atoms with Crippen molar-refractivity contribution in [3.05, 3.63) is 47.8 Å². The van der Waals surface area contributed by atoms with E-state index in [2.05, 4.69) is 6.58 Å². The fraction of sp³-hybridized carbons (Fsp3) is 0.0909. The van der Waals surface area contributed by atoms with Crippen LogP contribution in [0, 0.1) is 5.82 Å². The lowest BCUT2D eigenvalue weighted by Crippen LogP contribution is -2.06. The number of aliphatic carboxylic acids is 1. The normalized spacial score (nSPS) is 9.67. The molecule has 0 saturated heterocycles. The average molecular weight is 208 g/mol. The van der Waals surface area contributed by atoms with Gasteiger partial charge in [0.05, 0.1) is 0 Å². The van der Waals surface area contributed by atoms with Gasteiger partial charge >= 0.3 is 5.97 Å². The van der Waals surface area contributed by atoms with E-state index in [-0.39, 0.29) is 23.3 Å². The van der Waals surface area contributed by atoms with Crippen molar-refractivity contribution in [2.24, 2.45) is 0 Å². The zero-order chi connectivity index (χ0) is 11.4. The van der Waals surface area contributed by atoms with Gasteiger partial charge in [0.2, 0.25) is 0 Å². The highest BCUT2D eigenvalue weighted by atomic mass is 19.1. The summed E-state index contributed by atoms with van der Waals surface area (Å²) in [5.74, 6) is -2.03. The van der Waals surface area contributed by atoms with Gasteiger partial charge in [-0.25, -0.2) is 9.18 Å². The molecule has 0 fully saturated rings. The van der Waals surface area contributed by atoms with Gasteiger partial charge in [-0.2, -0.15) is 0 Å². The van der Waals surface area contributed by atoms with Crippen molar-refractivity contribution in [1.82, 2.24) is 0 Å². The van der Waals surface area contributed by atoms with E-state index in [9.17, 15) is 14.0 Å². The Bertz CT molecular complexity index is 406. The van der Waals surface area contributed by atoms with Crippen molar-refractivity contribution in [2.45, 2.75) is 6.42 Å². The Kier molecular flexibility index (Phi) is 3.33. The van der Waals surface area contributed by atoms with Crippen LogP contribution in [-0.2, 0) is 4.79 Å². The summed E-state index contributed by atoms with van der Waals surface area (Å²) in [6.07, 6.45) is -0.263. The lowest BCUT2D eigenvalue weighted by atomic mass is 10.0. The molecule has 0 spiro atoms. The second-order valence-electron chi connectivity index (χ2n) is 3.02. The van der Waals surface area contributed by atoms with Crippen LogP contribution in [0.15, 0.2) is 36.4 Å². The summed E-state index contributed by atoms with van der Waals surface area (Å²) in [7, 11) is 0. The standard InChI is InChI=1S/C11H9FO3/c1-7(11(14)15)6-10(13)8-2-4-9(12)5-3-8/h2-5H,1,6H2,(H,14,15). The van der Waals surface area contributed by atoms with E-state index in [0.717, 1.165) is 12.1 Å². The zero-order valence-corrected chi connectivity index (χ0v) is 7.87. The fourth-order valence-electron chi connectivity index (χ4n) is 1.01. The van der Waals surface area contributed by atoms with Crippen LogP contribution in [0.1, 0.15) is 16.8 Å². The van der Waals surface area contributed by atoms with Crippen LogP contribution < -0.4 is 0 Å². The maximum Gasteiger partial charge on any atom is 0.331 e. The average Bonchev–Trinajstić information content (AvgIpc) is 2.18. The molecule has 78 valence electrons. The molecule has 1 N–H and O–H groups in total. The summed E-state index contributed by atoms with van der Waals surface area (Å²) >= 11 is 0. The van der Waals surface area contributed by atoms with Gasteiger partial charge in [0.25, 0.3) is 0 Å². The zero-order valence-electron chi connectivity index (χ0n) is 7.87. The van der Waals surface area contributed by atoms with Gasteiger partial charge in [-0.05, 0) is 24.3 Å². The first-order valence-corrected chi connectivity index (χ1v) is 4.20. The number of ketones is 1. The van der Waals surface area contributed by atoms with Crippen LogP contribution in [0.4, 0.5) is 4.39 Å². The lowest BCUT2D eigenvalue weighted by Gasteiger charge is -2.00. The van der Waals surface area contributed by atoms with Crippen molar-refractivity contribution < 1.29 is 19.1 Å². The van der Waals surface area contributed by atoms with Crippen LogP contribution in [0.3, 0.4) is 0 Å². The first-order chi connectivity index (χ1) is 7.00. The van der Waals surface area contributed by atoms with E-state index in [1.54, 1.807) is 0 Å². The summed E-state index contributed by atoms with van der Waals surface area (Å²) in [5.41, 5.74) is 0.100. The van der Waals surface area contributed by atoms with Gasteiger partial charge in [0.1, 0.15) is 5.82 Å². The maximum absolute atomic E-state index is 12.5.